The molecule has 0 spiro atoms. The Morgan fingerprint density at radius 1 is 1.05 bits per heavy atom. The van der Waals surface area contributed by atoms with Crippen LogP contribution in [0.1, 0.15) is 16.8 Å². The second kappa shape index (κ2) is 10.9. The quantitative estimate of drug-likeness (QED) is 0.259. The van der Waals surface area contributed by atoms with Crippen molar-refractivity contribution in [1.29, 1.82) is 0 Å². The van der Waals surface area contributed by atoms with Gasteiger partial charge in [0.25, 0.3) is 5.91 Å². The molecule has 39 heavy (non-hydrogen) atoms. The number of H-pyrrole nitrogens is 1. The van der Waals surface area contributed by atoms with Crippen molar-refractivity contribution in [1.82, 2.24) is 24.8 Å². The summed E-state index contributed by atoms with van der Waals surface area (Å²) in [6.45, 7) is 1.74. The molecule has 1 atom stereocenters. The number of urea groups is 1. The number of nitrogens with one attached hydrogen (secondary N) is 3. The second-order valence-electron chi connectivity index (χ2n) is 9.21. The van der Waals surface area contributed by atoms with Crippen LogP contribution < -0.4 is 15.4 Å². The molecule has 11 heteroatoms. The summed E-state index contributed by atoms with van der Waals surface area (Å²) in [6, 6.07) is 16.2. The van der Waals surface area contributed by atoms with E-state index in [2.05, 4.69) is 30.6 Å². The molecule has 0 bridgehead atoms. The molecule has 1 aliphatic heterocycles. The van der Waals surface area contributed by atoms with Crippen molar-refractivity contribution in [3.8, 4) is 16.5 Å². The molecule has 1 aliphatic rings. The maximum absolute atomic E-state index is 13.0. The number of nitrogens with zero attached hydrogens (tertiary/aromatic N) is 4. The number of ether oxygens (including phenoxy) is 1. The normalized spacial score (nSPS) is 14.9. The molecule has 1 unspecified atom stereocenters. The molecule has 0 saturated carbocycles. The molecule has 6 rings (SSSR count). The number of amides is 3. The van der Waals surface area contributed by atoms with E-state index >= 15 is 0 Å². The van der Waals surface area contributed by atoms with Crippen LogP contribution in [0, 0.1) is 5.92 Å². The first-order valence-corrected chi connectivity index (χ1v) is 13.4. The predicted molar refractivity (Wildman–Crippen MR) is 150 cm³/mol. The van der Waals surface area contributed by atoms with Gasteiger partial charge in [-0.1, -0.05) is 6.07 Å². The zero-order chi connectivity index (χ0) is 26.6. The Morgan fingerprint density at radius 2 is 1.92 bits per heavy atom. The van der Waals surface area contributed by atoms with Gasteiger partial charge < -0.3 is 14.6 Å². The van der Waals surface area contributed by atoms with Gasteiger partial charge in [0.2, 0.25) is 5.88 Å². The number of pyridine rings is 2. The molecular formula is C28H25N7O3S. The van der Waals surface area contributed by atoms with E-state index in [0.717, 1.165) is 27.9 Å². The Balaban J connectivity index is 0.997. The van der Waals surface area contributed by atoms with Crippen molar-refractivity contribution >= 4 is 45.8 Å². The van der Waals surface area contributed by atoms with Gasteiger partial charge in [0.15, 0.2) is 0 Å². The monoisotopic (exact) mass is 539 g/mol. The Labute approximate surface area is 228 Å². The van der Waals surface area contributed by atoms with E-state index in [1.54, 1.807) is 36.0 Å². The first-order chi connectivity index (χ1) is 19.1. The molecule has 0 radical (unpaired) electrons. The molecule has 10 nitrogen and oxygen atoms in total. The topological polar surface area (TPSA) is 125 Å². The standard InChI is InChI=1S/C28H25N7O3S/c36-27(21-4-5-22-20(14-21)8-12-30-22)35-13-9-18(15-35)16-38-25-3-1-2-23(31-25)33-28(37)34-24-17-39-26(32-24)19-6-10-29-11-7-19/h1-8,10-12,14,17-18,30H,9,13,15-16H2,(H2,31,33,34,37). The van der Waals surface area contributed by atoms with Crippen molar-refractivity contribution in [3.05, 3.63) is 84.1 Å². The lowest BCUT2D eigenvalue weighted by Crippen LogP contribution is -2.29. The molecule has 1 aromatic carbocycles. The van der Waals surface area contributed by atoms with Crippen LogP contribution in [0.5, 0.6) is 5.88 Å². The summed E-state index contributed by atoms with van der Waals surface area (Å²) in [7, 11) is 0. The Kier molecular flexibility index (Phi) is 6.88. The molecular weight excluding hydrogens is 514 g/mol. The van der Waals surface area contributed by atoms with Gasteiger partial charge in [-0.05, 0) is 48.9 Å². The number of carbonyl (C=O) groups excluding carboxylic acids is 2. The van der Waals surface area contributed by atoms with Gasteiger partial charge in [0, 0.05) is 71.1 Å². The van der Waals surface area contributed by atoms with Gasteiger partial charge in [0.05, 0.1) is 6.61 Å². The van der Waals surface area contributed by atoms with E-state index in [9.17, 15) is 9.59 Å². The summed E-state index contributed by atoms with van der Waals surface area (Å²) in [4.78, 5) is 43.4. The summed E-state index contributed by atoms with van der Waals surface area (Å²) in [6.07, 6.45) is 6.12. The fourth-order valence-corrected chi connectivity index (χ4v) is 5.27. The third-order valence-corrected chi connectivity index (χ3v) is 7.37. The smallest absolute Gasteiger partial charge is 0.326 e. The number of aromatic amines is 1. The summed E-state index contributed by atoms with van der Waals surface area (Å²) in [5.74, 6) is 1.45. The van der Waals surface area contributed by atoms with Crippen molar-refractivity contribution < 1.29 is 14.3 Å². The van der Waals surface area contributed by atoms with Crippen LogP contribution in [0.3, 0.4) is 0 Å². The van der Waals surface area contributed by atoms with Crippen molar-refractivity contribution in [3.63, 3.8) is 0 Å². The highest BCUT2D eigenvalue weighted by Crippen LogP contribution is 2.26. The number of hydrogen-bond donors (Lipinski definition) is 3. The number of fused-ring (bicyclic) bond motifs is 1. The van der Waals surface area contributed by atoms with E-state index < -0.39 is 6.03 Å². The van der Waals surface area contributed by atoms with Crippen molar-refractivity contribution in [2.24, 2.45) is 5.92 Å². The minimum atomic E-state index is -0.450. The molecule has 196 valence electrons. The van der Waals surface area contributed by atoms with E-state index in [4.69, 9.17) is 4.74 Å². The van der Waals surface area contributed by atoms with E-state index in [-0.39, 0.29) is 11.8 Å². The largest absolute Gasteiger partial charge is 0.477 e. The fraction of sp³-hybridized carbons (Fsp3) is 0.179. The van der Waals surface area contributed by atoms with Crippen molar-refractivity contribution in [2.75, 3.05) is 30.3 Å². The van der Waals surface area contributed by atoms with Crippen LogP contribution in [0.2, 0.25) is 0 Å². The minimum Gasteiger partial charge on any atom is -0.477 e. The van der Waals surface area contributed by atoms with Gasteiger partial charge >= 0.3 is 6.03 Å². The molecule has 1 saturated heterocycles. The fourth-order valence-electron chi connectivity index (χ4n) is 4.51. The Hall–Kier alpha value is -4.77. The first kappa shape index (κ1) is 24.6. The van der Waals surface area contributed by atoms with Crippen LogP contribution in [0.15, 0.2) is 78.6 Å². The van der Waals surface area contributed by atoms with Gasteiger partial charge in [-0.15, -0.1) is 11.3 Å². The summed E-state index contributed by atoms with van der Waals surface area (Å²) < 4.78 is 5.92. The molecule has 3 amide bonds. The van der Waals surface area contributed by atoms with Gasteiger partial charge in [-0.25, -0.2) is 9.78 Å². The number of anilines is 2. The Bertz CT molecular complexity index is 1620. The van der Waals surface area contributed by atoms with Crippen LogP contribution in [-0.4, -0.2) is 56.5 Å². The summed E-state index contributed by atoms with van der Waals surface area (Å²) in [5, 5.41) is 9.03. The molecule has 5 aromatic rings. The maximum Gasteiger partial charge on any atom is 0.326 e. The first-order valence-electron chi connectivity index (χ1n) is 12.5. The third-order valence-electron chi connectivity index (χ3n) is 6.48. The van der Waals surface area contributed by atoms with Crippen LogP contribution >= 0.6 is 11.3 Å². The maximum atomic E-state index is 13.0. The average Bonchev–Trinajstić information content (AvgIpc) is 3.73. The number of aromatic nitrogens is 4. The minimum absolute atomic E-state index is 0.0314. The van der Waals surface area contributed by atoms with Crippen LogP contribution in [-0.2, 0) is 0 Å². The number of hydrogen-bond acceptors (Lipinski definition) is 7. The summed E-state index contributed by atoms with van der Waals surface area (Å²) in [5.41, 5.74) is 2.63. The molecule has 0 aliphatic carbocycles. The molecule has 1 fully saturated rings. The molecule has 3 N–H and O–H groups in total. The zero-order valence-corrected chi connectivity index (χ0v) is 21.6. The van der Waals surface area contributed by atoms with Crippen LogP contribution in [0.4, 0.5) is 16.4 Å². The van der Waals surface area contributed by atoms with Gasteiger partial charge in [-0.3, -0.25) is 20.4 Å². The van der Waals surface area contributed by atoms with E-state index in [0.29, 0.717) is 42.8 Å². The van der Waals surface area contributed by atoms with Gasteiger partial charge in [-0.2, -0.15) is 4.98 Å². The highest BCUT2D eigenvalue weighted by molar-refractivity contribution is 7.13. The average molecular weight is 540 g/mol. The summed E-state index contributed by atoms with van der Waals surface area (Å²) >= 11 is 1.43. The molecule has 5 heterocycles. The van der Waals surface area contributed by atoms with E-state index in [1.807, 2.05) is 47.5 Å². The highest BCUT2D eigenvalue weighted by atomic mass is 32.1. The van der Waals surface area contributed by atoms with E-state index in [1.165, 1.54) is 11.3 Å². The Morgan fingerprint density at radius 3 is 2.82 bits per heavy atom. The number of thiazole rings is 1. The zero-order valence-electron chi connectivity index (χ0n) is 20.8. The predicted octanol–water partition coefficient (Wildman–Crippen LogP) is 5.27. The third kappa shape index (κ3) is 5.73. The number of likely N-dealkylation sites (tertiary alicyclic amines) is 1. The SMILES string of the molecule is O=C(Nc1cccc(OCC2CCN(C(=O)c3ccc4[nH]ccc4c3)C2)n1)Nc1csc(-c2ccncc2)n1. The second-order valence-corrected chi connectivity index (χ2v) is 10.1. The lowest BCUT2D eigenvalue weighted by atomic mass is 10.1. The number of carbonyl (C=O) groups is 2. The van der Waals surface area contributed by atoms with Crippen molar-refractivity contribution in [2.45, 2.75) is 6.42 Å². The lowest BCUT2D eigenvalue weighted by molar-refractivity contribution is 0.0783. The number of benzene rings is 1. The number of rotatable bonds is 7. The lowest BCUT2D eigenvalue weighted by Gasteiger charge is -2.17. The highest BCUT2D eigenvalue weighted by Gasteiger charge is 2.27. The van der Waals surface area contributed by atoms with Crippen LogP contribution in [0.25, 0.3) is 21.5 Å². The molecule has 4 aromatic heterocycles. The van der Waals surface area contributed by atoms with Gasteiger partial charge in [0.1, 0.15) is 16.6 Å².